The number of carbonyl (C=O) groups excluding carboxylic acids is 1. The molecule has 0 atom stereocenters. The predicted octanol–water partition coefficient (Wildman–Crippen LogP) is 4.13. The number of aryl methyl sites for hydroxylation is 1. The molecule has 0 aromatic heterocycles. The summed E-state index contributed by atoms with van der Waals surface area (Å²) in [7, 11) is 0. The van der Waals surface area contributed by atoms with E-state index >= 15 is 0 Å². The van der Waals surface area contributed by atoms with Crippen molar-refractivity contribution in [1.29, 1.82) is 0 Å². The van der Waals surface area contributed by atoms with Gasteiger partial charge in [-0.05, 0) is 49.7 Å². The second-order valence-electron chi connectivity index (χ2n) is 4.59. The van der Waals surface area contributed by atoms with Crippen LogP contribution in [0.3, 0.4) is 0 Å². The standard InChI is InChI=1S/C16H16BrNO2/c1-3-18(14-5-4-6-15(19)10-14)16(20)12-7-11(2)8-13(17)9-12/h4-10,19H,3H2,1-2H3. The first-order valence-electron chi connectivity index (χ1n) is 6.39. The third-order valence-electron chi connectivity index (χ3n) is 2.99. The lowest BCUT2D eigenvalue weighted by atomic mass is 10.1. The number of phenolic OH excluding ortho intramolecular Hbond substituents is 1. The van der Waals surface area contributed by atoms with E-state index in [1.165, 1.54) is 0 Å². The Morgan fingerprint density at radius 1 is 1.25 bits per heavy atom. The van der Waals surface area contributed by atoms with E-state index in [4.69, 9.17) is 0 Å². The Kier molecular flexibility index (Phi) is 4.45. The number of carbonyl (C=O) groups is 1. The molecule has 0 fully saturated rings. The molecule has 0 saturated carbocycles. The van der Waals surface area contributed by atoms with Crippen LogP contribution in [-0.2, 0) is 0 Å². The normalized spacial score (nSPS) is 10.3. The van der Waals surface area contributed by atoms with Gasteiger partial charge in [-0.3, -0.25) is 4.79 Å². The molecule has 20 heavy (non-hydrogen) atoms. The van der Waals surface area contributed by atoms with Crippen LogP contribution >= 0.6 is 15.9 Å². The first kappa shape index (κ1) is 14.6. The van der Waals surface area contributed by atoms with Crippen LogP contribution < -0.4 is 4.90 Å². The van der Waals surface area contributed by atoms with Crippen molar-refractivity contribution in [3.05, 3.63) is 58.1 Å². The molecule has 2 aromatic rings. The molecule has 0 spiro atoms. The van der Waals surface area contributed by atoms with Crippen LogP contribution in [0, 0.1) is 6.92 Å². The van der Waals surface area contributed by atoms with Crippen molar-refractivity contribution >= 4 is 27.5 Å². The number of nitrogens with zero attached hydrogens (tertiary/aromatic N) is 1. The zero-order chi connectivity index (χ0) is 14.7. The van der Waals surface area contributed by atoms with Crippen LogP contribution in [0.25, 0.3) is 0 Å². The van der Waals surface area contributed by atoms with Crippen LogP contribution in [-0.4, -0.2) is 17.6 Å². The Labute approximate surface area is 127 Å². The maximum atomic E-state index is 12.6. The molecule has 0 saturated heterocycles. The minimum atomic E-state index is -0.0810. The molecule has 1 amide bonds. The molecule has 104 valence electrons. The zero-order valence-electron chi connectivity index (χ0n) is 11.4. The fraction of sp³-hybridized carbons (Fsp3) is 0.188. The van der Waals surface area contributed by atoms with Crippen molar-refractivity contribution in [2.24, 2.45) is 0 Å². The highest BCUT2D eigenvalue weighted by Gasteiger charge is 2.17. The van der Waals surface area contributed by atoms with Gasteiger partial charge in [-0.25, -0.2) is 0 Å². The highest BCUT2D eigenvalue weighted by molar-refractivity contribution is 9.10. The first-order valence-corrected chi connectivity index (χ1v) is 7.18. The Bertz CT molecular complexity index is 620. The molecule has 0 heterocycles. The maximum absolute atomic E-state index is 12.6. The van der Waals surface area contributed by atoms with Crippen LogP contribution in [0.15, 0.2) is 46.9 Å². The average molecular weight is 334 g/mol. The first-order chi connectivity index (χ1) is 9.51. The molecule has 0 aliphatic rings. The predicted molar refractivity (Wildman–Crippen MR) is 84.3 cm³/mol. The lowest BCUT2D eigenvalue weighted by Gasteiger charge is -2.21. The number of halogens is 1. The van der Waals surface area contributed by atoms with E-state index in [0.29, 0.717) is 17.8 Å². The van der Waals surface area contributed by atoms with E-state index in [-0.39, 0.29) is 11.7 Å². The number of rotatable bonds is 3. The van der Waals surface area contributed by atoms with Gasteiger partial charge in [0.05, 0.1) is 0 Å². The number of benzene rings is 2. The van der Waals surface area contributed by atoms with E-state index in [9.17, 15) is 9.90 Å². The quantitative estimate of drug-likeness (QED) is 0.917. The Balaban J connectivity index is 2.38. The summed E-state index contributed by atoms with van der Waals surface area (Å²) in [5.41, 5.74) is 2.34. The molecule has 4 heteroatoms. The van der Waals surface area contributed by atoms with E-state index in [1.54, 1.807) is 29.2 Å². The summed E-state index contributed by atoms with van der Waals surface area (Å²) in [6, 6.07) is 12.3. The summed E-state index contributed by atoms with van der Waals surface area (Å²) < 4.78 is 0.882. The number of hydrogen-bond acceptors (Lipinski definition) is 2. The molecular formula is C16H16BrNO2. The van der Waals surface area contributed by atoms with Gasteiger partial charge in [0.1, 0.15) is 5.75 Å². The van der Waals surface area contributed by atoms with Crippen molar-refractivity contribution in [3.63, 3.8) is 0 Å². The van der Waals surface area contributed by atoms with Gasteiger partial charge in [0, 0.05) is 28.3 Å². The van der Waals surface area contributed by atoms with E-state index in [1.807, 2.05) is 32.0 Å². The van der Waals surface area contributed by atoms with Crippen molar-refractivity contribution in [2.45, 2.75) is 13.8 Å². The SMILES string of the molecule is CCN(C(=O)c1cc(C)cc(Br)c1)c1cccc(O)c1. The fourth-order valence-electron chi connectivity index (χ4n) is 2.12. The van der Waals surface area contributed by atoms with Gasteiger partial charge in [-0.2, -0.15) is 0 Å². The Morgan fingerprint density at radius 3 is 2.60 bits per heavy atom. The highest BCUT2D eigenvalue weighted by atomic mass is 79.9. The smallest absolute Gasteiger partial charge is 0.258 e. The molecule has 0 unspecified atom stereocenters. The summed E-state index contributed by atoms with van der Waals surface area (Å²) in [5.74, 6) is 0.0710. The molecule has 3 nitrogen and oxygen atoms in total. The monoisotopic (exact) mass is 333 g/mol. The minimum Gasteiger partial charge on any atom is -0.508 e. The maximum Gasteiger partial charge on any atom is 0.258 e. The lowest BCUT2D eigenvalue weighted by molar-refractivity contribution is 0.0988. The van der Waals surface area contributed by atoms with Gasteiger partial charge in [0.15, 0.2) is 0 Å². The van der Waals surface area contributed by atoms with Crippen LogP contribution in [0.1, 0.15) is 22.8 Å². The van der Waals surface area contributed by atoms with Gasteiger partial charge < -0.3 is 10.0 Å². The second kappa shape index (κ2) is 6.09. The van der Waals surface area contributed by atoms with Gasteiger partial charge in [-0.15, -0.1) is 0 Å². The fourth-order valence-corrected chi connectivity index (χ4v) is 2.73. The second-order valence-corrected chi connectivity index (χ2v) is 5.50. The van der Waals surface area contributed by atoms with Gasteiger partial charge in [0.2, 0.25) is 0 Å². The van der Waals surface area contributed by atoms with Crippen molar-refractivity contribution in [3.8, 4) is 5.75 Å². The molecule has 0 aliphatic carbocycles. The van der Waals surface area contributed by atoms with Gasteiger partial charge in [-0.1, -0.05) is 22.0 Å². The average Bonchev–Trinajstić information content (AvgIpc) is 2.38. The van der Waals surface area contributed by atoms with Crippen LogP contribution in [0.2, 0.25) is 0 Å². The summed E-state index contributed by atoms with van der Waals surface area (Å²) in [6.45, 7) is 4.40. The van der Waals surface area contributed by atoms with E-state index < -0.39 is 0 Å². The third kappa shape index (κ3) is 3.20. The Hall–Kier alpha value is -1.81. The summed E-state index contributed by atoms with van der Waals surface area (Å²) in [4.78, 5) is 14.3. The van der Waals surface area contributed by atoms with Crippen molar-refractivity contribution in [1.82, 2.24) is 0 Å². The largest absolute Gasteiger partial charge is 0.508 e. The summed E-state index contributed by atoms with van der Waals surface area (Å²) in [5, 5.41) is 9.55. The van der Waals surface area contributed by atoms with E-state index in [2.05, 4.69) is 15.9 Å². The number of phenols is 1. The van der Waals surface area contributed by atoms with Crippen LogP contribution in [0.4, 0.5) is 5.69 Å². The topological polar surface area (TPSA) is 40.5 Å². The third-order valence-corrected chi connectivity index (χ3v) is 3.45. The molecule has 2 rings (SSSR count). The minimum absolute atomic E-state index is 0.0810. The van der Waals surface area contributed by atoms with E-state index in [0.717, 1.165) is 10.0 Å². The summed E-state index contributed by atoms with van der Waals surface area (Å²) >= 11 is 3.41. The number of aromatic hydroxyl groups is 1. The molecule has 0 bridgehead atoms. The number of amides is 1. The number of anilines is 1. The highest BCUT2D eigenvalue weighted by Crippen LogP contribution is 2.23. The van der Waals surface area contributed by atoms with Gasteiger partial charge >= 0.3 is 0 Å². The van der Waals surface area contributed by atoms with Crippen LogP contribution in [0.5, 0.6) is 5.75 Å². The summed E-state index contributed by atoms with van der Waals surface area (Å²) in [6.07, 6.45) is 0. The molecular weight excluding hydrogens is 318 g/mol. The Morgan fingerprint density at radius 2 is 2.00 bits per heavy atom. The lowest BCUT2D eigenvalue weighted by Crippen LogP contribution is -2.30. The molecule has 0 radical (unpaired) electrons. The molecule has 2 aromatic carbocycles. The molecule has 1 N–H and O–H groups in total. The molecule has 0 aliphatic heterocycles. The number of hydrogen-bond donors (Lipinski definition) is 1. The van der Waals surface area contributed by atoms with Crippen molar-refractivity contribution in [2.75, 3.05) is 11.4 Å². The van der Waals surface area contributed by atoms with Gasteiger partial charge in [0.25, 0.3) is 5.91 Å². The van der Waals surface area contributed by atoms with Crippen molar-refractivity contribution < 1.29 is 9.90 Å². The zero-order valence-corrected chi connectivity index (χ0v) is 13.0.